The Morgan fingerprint density at radius 1 is 1.50 bits per heavy atom. The molecule has 0 atom stereocenters. The highest BCUT2D eigenvalue weighted by atomic mass is 32.1. The minimum atomic E-state index is 0.290. The summed E-state index contributed by atoms with van der Waals surface area (Å²) in [5.41, 5.74) is 0. The molecule has 0 unspecified atom stereocenters. The van der Waals surface area contributed by atoms with Crippen molar-refractivity contribution in [3.8, 4) is 0 Å². The van der Waals surface area contributed by atoms with E-state index in [1.807, 2.05) is 10.3 Å². The molecule has 3 nitrogen and oxygen atoms in total. The van der Waals surface area contributed by atoms with Crippen molar-refractivity contribution >= 4 is 17.2 Å². The van der Waals surface area contributed by atoms with Crippen LogP contribution in [0, 0.1) is 0 Å². The summed E-state index contributed by atoms with van der Waals surface area (Å²) < 4.78 is 0. The SMILES string of the molecule is O=C(CCc1nccs1)N1CCCC1. The molecule has 1 aliphatic rings. The number of nitrogens with zero attached hydrogens (tertiary/aromatic N) is 2. The molecule has 0 bridgehead atoms. The third-order valence-electron chi connectivity index (χ3n) is 2.49. The molecule has 14 heavy (non-hydrogen) atoms. The van der Waals surface area contributed by atoms with Gasteiger partial charge in [-0.1, -0.05) is 0 Å². The van der Waals surface area contributed by atoms with E-state index in [9.17, 15) is 4.79 Å². The molecule has 1 saturated heterocycles. The van der Waals surface area contributed by atoms with E-state index in [1.165, 1.54) is 12.8 Å². The Morgan fingerprint density at radius 2 is 2.29 bits per heavy atom. The van der Waals surface area contributed by atoms with E-state index in [-0.39, 0.29) is 5.91 Å². The Hall–Kier alpha value is -0.900. The number of rotatable bonds is 3. The molecule has 1 aliphatic heterocycles. The van der Waals surface area contributed by atoms with E-state index in [0.717, 1.165) is 24.5 Å². The summed E-state index contributed by atoms with van der Waals surface area (Å²) in [6.45, 7) is 1.91. The van der Waals surface area contributed by atoms with Crippen LogP contribution in [0.5, 0.6) is 0 Å². The average Bonchev–Trinajstić information content (AvgIpc) is 2.87. The lowest BCUT2D eigenvalue weighted by molar-refractivity contribution is -0.130. The number of hydrogen-bond acceptors (Lipinski definition) is 3. The summed E-state index contributed by atoms with van der Waals surface area (Å²) in [5.74, 6) is 0.290. The summed E-state index contributed by atoms with van der Waals surface area (Å²) >= 11 is 1.63. The van der Waals surface area contributed by atoms with Gasteiger partial charge in [0, 0.05) is 37.5 Å². The van der Waals surface area contributed by atoms with Gasteiger partial charge in [-0.15, -0.1) is 11.3 Å². The van der Waals surface area contributed by atoms with Gasteiger partial charge in [0.25, 0.3) is 0 Å². The molecule has 0 aliphatic carbocycles. The summed E-state index contributed by atoms with van der Waals surface area (Å²) in [4.78, 5) is 17.8. The minimum absolute atomic E-state index is 0.290. The molecule has 0 aromatic carbocycles. The Balaban J connectivity index is 1.77. The summed E-state index contributed by atoms with van der Waals surface area (Å²) in [6, 6.07) is 0. The fraction of sp³-hybridized carbons (Fsp3) is 0.600. The van der Waals surface area contributed by atoms with Crippen LogP contribution in [0.15, 0.2) is 11.6 Å². The van der Waals surface area contributed by atoms with Crippen LogP contribution in [-0.2, 0) is 11.2 Å². The van der Waals surface area contributed by atoms with Crippen LogP contribution in [0.1, 0.15) is 24.3 Å². The molecule has 1 amide bonds. The molecule has 0 saturated carbocycles. The second-order valence-electron chi connectivity index (χ2n) is 3.51. The highest BCUT2D eigenvalue weighted by Gasteiger charge is 2.17. The maximum atomic E-state index is 11.6. The van der Waals surface area contributed by atoms with Crippen molar-refractivity contribution in [1.82, 2.24) is 9.88 Å². The van der Waals surface area contributed by atoms with E-state index < -0.39 is 0 Å². The van der Waals surface area contributed by atoms with Crippen LogP contribution < -0.4 is 0 Å². The number of thiazole rings is 1. The normalized spacial score (nSPS) is 16.1. The molecule has 1 aromatic heterocycles. The first-order chi connectivity index (χ1) is 6.86. The maximum absolute atomic E-state index is 11.6. The van der Waals surface area contributed by atoms with Crippen molar-refractivity contribution in [2.45, 2.75) is 25.7 Å². The van der Waals surface area contributed by atoms with E-state index in [0.29, 0.717) is 6.42 Å². The smallest absolute Gasteiger partial charge is 0.222 e. The second-order valence-corrected chi connectivity index (χ2v) is 4.49. The zero-order chi connectivity index (χ0) is 9.80. The van der Waals surface area contributed by atoms with Gasteiger partial charge >= 0.3 is 0 Å². The lowest BCUT2D eigenvalue weighted by Gasteiger charge is -2.14. The Bertz CT molecular complexity index is 291. The molecular weight excluding hydrogens is 196 g/mol. The molecule has 2 rings (SSSR count). The van der Waals surface area contributed by atoms with Gasteiger partial charge < -0.3 is 4.90 Å². The monoisotopic (exact) mass is 210 g/mol. The van der Waals surface area contributed by atoms with Crippen LogP contribution in [0.3, 0.4) is 0 Å². The van der Waals surface area contributed by atoms with Crippen LogP contribution >= 0.6 is 11.3 Å². The zero-order valence-corrected chi connectivity index (χ0v) is 8.92. The number of aryl methyl sites for hydroxylation is 1. The minimum Gasteiger partial charge on any atom is -0.343 e. The predicted molar refractivity (Wildman–Crippen MR) is 56.2 cm³/mol. The number of carbonyl (C=O) groups excluding carboxylic acids is 1. The molecule has 4 heteroatoms. The zero-order valence-electron chi connectivity index (χ0n) is 8.11. The molecule has 1 aromatic rings. The van der Waals surface area contributed by atoms with Gasteiger partial charge in [0.2, 0.25) is 5.91 Å². The summed E-state index contributed by atoms with van der Waals surface area (Å²) in [6.07, 6.45) is 5.55. The number of likely N-dealkylation sites (tertiary alicyclic amines) is 1. The van der Waals surface area contributed by atoms with Crippen LogP contribution in [-0.4, -0.2) is 28.9 Å². The molecule has 0 radical (unpaired) electrons. The topological polar surface area (TPSA) is 33.2 Å². The highest BCUT2D eigenvalue weighted by Crippen LogP contribution is 2.12. The van der Waals surface area contributed by atoms with Gasteiger partial charge in [0.1, 0.15) is 0 Å². The first kappa shape index (κ1) is 9.65. The van der Waals surface area contributed by atoms with Gasteiger partial charge in [0.15, 0.2) is 0 Å². The summed E-state index contributed by atoms with van der Waals surface area (Å²) in [5, 5.41) is 3.02. The van der Waals surface area contributed by atoms with E-state index in [1.54, 1.807) is 17.5 Å². The van der Waals surface area contributed by atoms with Crippen molar-refractivity contribution in [3.63, 3.8) is 0 Å². The number of hydrogen-bond donors (Lipinski definition) is 0. The molecular formula is C10H14N2OS. The Morgan fingerprint density at radius 3 is 2.93 bits per heavy atom. The van der Waals surface area contributed by atoms with Crippen molar-refractivity contribution in [2.75, 3.05) is 13.1 Å². The molecule has 76 valence electrons. The largest absolute Gasteiger partial charge is 0.343 e. The Labute approximate surface area is 87.8 Å². The van der Waals surface area contributed by atoms with E-state index >= 15 is 0 Å². The Kier molecular flexibility index (Phi) is 3.14. The first-order valence-corrected chi connectivity index (χ1v) is 5.90. The number of aromatic nitrogens is 1. The van der Waals surface area contributed by atoms with Gasteiger partial charge in [0.05, 0.1) is 5.01 Å². The van der Waals surface area contributed by atoms with Gasteiger partial charge in [-0.3, -0.25) is 4.79 Å². The lowest BCUT2D eigenvalue weighted by atomic mass is 10.3. The third-order valence-corrected chi connectivity index (χ3v) is 3.33. The van der Waals surface area contributed by atoms with Crippen LogP contribution in [0.25, 0.3) is 0 Å². The van der Waals surface area contributed by atoms with Crippen molar-refractivity contribution in [2.24, 2.45) is 0 Å². The standard InChI is InChI=1S/C10H14N2OS/c13-10(12-6-1-2-7-12)4-3-9-11-5-8-14-9/h5,8H,1-4,6-7H2. The maximum Gasteiger partial charge on any atom is 0.222 e. The predicted octanol–water partition coefficient (Wildman–Crippen LogP) is 1.70. The van der Waals surface area contributed by atoms with Gasteiger partial charge in [-0.05, 0) is 12.8 Å². The molecule has 0 N–H and O–H groups in total. The van der Waals surface area contributed by atoms with Crippen molar-refractivity contribution < 1.29 is 4.79 Å². The molecule has 0 spiro atoms. The van der Waals surface area contributed by atoms with E-state index in [4.69, 9.17) is 0 Å². The first-order valence-electron chi connectivity index (χ1n) is 5.02. The van der Waals surface area contributed by atoms with E-state index in [2.05, 4.69) is 4.98 Å². The van der Waals surface area contributed by atoms with Crippen LogP contribution in [0.4, 0.5) is 0 Å². The van der Waals surface area contributed by atoms with Crippen LogP contribution in [0.2, 0.25) is 0 Å². The summed E-state index contributed by atoms with van der Waals surface area (Å²) in [7, 11) is 0. The number of amides is 1. The highest BCUT2D eigenvalue weighted by molar-refractivity contribution is 7.09. The van der Waals surface area contributed by atoms with Crippen molar-refractivity contribution in [3.05, 3.63) is 16.6 Å². The second kappa shape index (κ2) is 4.55. The fourth-order valence-corrected chi connectivity index (χ4v) is 2.34. The molecule has 1 fully saturated rings. The third kappa shape index (κ3) is 2.32. The van der Waals surface area contributed by atoms with Gasteiger partial charge in [-0.2, -0.15) is 0 Å². The molecule has 2 heterocycles. The van der Waals surface area contributed by atoms with Crippen molar-refractivity contribution in [1.29, 1.82) is 0 Å². The average molecular weight is 210 g/mol. The fourth-order valence-electron chi connectivity index (χ4n) is 1.71. The van der Waals surface area contributed by atoms with Gasteiger partial charge in [-0.25, -0.2) is 4.98 Å². The quantitative estimate of drug-likeness (QED) is 0.760. The lowest BCUT2D eigenvalue weighted by Crippen LogP contribution is -2.27. The number of carbonyl (C=O) groups is 1.